The number of amides is 2. The van der Waals surface area contributed by atoms with E-state index in [1.807, 2.05) is 0 Å². The number of piperazine rings is 1. The van der Waals surface area contributed by atoms with Gasteiger partial charge in [0.25, 0.3) is 11.8 Å². The summed E-state index contributed by atoms with van der Waals surface area (Å²) in [6.45, 7) is 2.33. The predicted octanol–water partition coefficient (Wildman–Crippen LogP) is 2.75. The number of benzene rings is 1. The van der Waals surface area contributed by atoms with Crippen molar-refractivity contribution >= 4 is 11.8 Å². The maximum absolute atomic E-state index is 13.1. The van der Waals surface area contributed by atoms with Gasteiger partial charge < -0.3 is 14.2 Å². The van der Waals surface area contributed by atoms with Gasteiger partial charge in [0.05, 0.1) is 17.5 Å². The fourth-order valence-electron chi connectivity index (χ4n) is 3.59. The second kappa shape index (κ2) is 8.57. The molecule has 4 rings (SSSR count). The van der Waals surface area contributed by atoms with Gasteiger partial charge >= 0.3 is 6.18 Å². The number of alkyl halides is 3. The average molecular weight is 460 g/mol. The lowest BCUT2D eigenvalue weighted by Crippen LogP contribution is -2.51. The van der Waals surface area contributed by atoms with E-state index in [0.717, 1.165) is 22.9 Å². The van der Waals surface area contributed by atoms with Crippen molar-refractivity contribution in [2.75, 3.05) is 26.2 Å². The number of nitrogens with zero attached hydrogens (tertiary/aromatic N) is 4. The number of halogens is 3. The molecule has 0 N–H and O–H groups in total. The molecule has 0 atom stereocenters. The summed E-state index contributed by atoms with van der Waals surface area (Å²) in [5.41, 5.74) is -1.54. The monoisotopic (exact) mass is 460 g/mol. The van der Waals surface area contributed by atoms with E-state index in [0.29, 0.717) is 0 Å². The van der Waals surface area contributed by atoms with Gasteiger partial charge in [0.2, 0.25) is 5.43 Å². The molecule has 1 saturated heterocycles. The highest BCUT2D eigenvalue weighted by molar-refractivity contribution is 5.93. The van der Waals surface area contributed by atoms with E-state index in [9.17, 15) is 27.6 Å². The molecule has 1 fully saturated rings. The quantitative estimate of drug-likeness (QED) is 0.600. The van der Waals surface area contributed by atoms with Crippen molar-refractivity contribution in [2.45, 2.75) is 13.1 Å². The number of aryl methyl sites for hydroxylation is 1. The lowest BCUT2D eigenvalue weighted by molar-refractivity contribution is -0.137. The summed E-state index contributed by atoms with van der Waals surface area (Å²) in [7, 11) is 0. The van der Waals surface area contributed by atoms with Crippen molar-refractivity contribution in [3.8, 4) is 5.69 Å². The van der Waals surface area contributed by atoms with Crippen molar-refractivity contribution in [1.29, 1.82) is 0 Å². The average Bonchev–Trinajstić information content (AvgIpc) is 3.33. The van der Waals surface area contributed by atoms with Crippen LogP contribution in [-0.4, -0.2) is 57.6 Å². The summed E-state index contributed by atoms with van der Waals surface area (Å²) in [6.07, 6.45) is -3.15. The van der Waals surface area contributed by atoms with Crippen LogP contribution < -0.4 is 5.43 Å². The Kier molecular flexibility index (Phi) is 5.79. The molecular formula is C22H19F3N4O4. The number of hydrogen-bond donors (Lipinski definition) is 0. The third-order valence-electron chi connectivity index (χ3n) is 5.31. The van der Waals surface area contributed by atoms with Gasteiger partial charge in [-0.25, -0.2) is 4.68 Å². The third kappa shape index (κ3) is 4.52. The molecule has 33 heavy (non-hydrogen) atoms. The van der Waals surface area contributed by atoms with Gasteiger partial charge in [-0.05, 0) is 37.3 Å². The zero-order valence-corrected chi connectivity index (χ0v) is 17.5. The van der Waals surface area contributed by atoms with Gasteiger partial charge in [0.1, 0.15) is 0 Å². The molecule has 0 radical (unpaired) electrons. The molecule has 0 spiro atoms. The molecule has 0 aliphatic carbocycles. The third-order valence-corrected chi connectivity index (χ3v) is 5.31. The SMILES string of the molecule is Cc1cc(=O)c(C(=O)N2CCN(C(=O)c3ccco3)CC2)nn1-c1cccc(C(F)(F)F)c1. The Morgan fingerprint density at radius 2 is 1.64 bits per heavy atom. The number of aromatic nitrogens is 2. The zero-order chi connectivity index (χ0) is 23.8. The Bertz CT molecular complexity index is 1240. The molecule has 8 nitrogen and oxygen atoms in total. The van der Waals surface area contributed by atoms with Crippen molar-refractivity contribution in [1.82, 2.24) is 19.6 Å². The lowest BCUT2D eigenvalue weighted by Gasteiger charge is -2.34. The fraction of sp³-hybridized carbons (Fsp3) is 0.273. The minimum atomic E-state index is -4.55. The van der Waals surface area contributed by atoms with E-state index in [1.54, 1.807) is 12.1 Å². The molecule has 0 bridgehead atoms. The van der Waals surface area contributed by atoms with Crippen LogP contribution in [0.15, 0.2) is 57.9 Å². The van der Waals surface area contributed by atoms with Crippen LogP contribution in [0.4, 0.5) is 13.2 Å². The Labute approximate surface area is 185 Å². The first-order valence-corrected chi connectivity index (χ1v) is 10.1. The molecule has 172 valence electrons. The van der Waals surface area contributed by atoms with Crippen LogP contribution in [0, 0.1) is 6.92 Å². The van der Waals surface area contributed by atoms with Crippen LogP contribution in [-0.2, 0) is 6.18 Å². The maximum atomic E-state index is 13.1. The highest BCUT2D eigenvalue weighted by atomic mass is 19.4. The first-order valence-electron chi connectivity index (χ1n) is 10.1. The van der Waals surface area contributed by atoms with E-state index in [4.69, 9.17) is 4.42 Å². The first kappa shape index (κ1) is 22.3. The highest BCUT2D eigenvalue weighted by Crippen LogP contribution is 2.30. The molecule has 3 aromatic rings. The summed E-state index contributed by atoms with van der Waals surface area (Å²) in [4.78, 5) is 40.8. The highest BCUT2D eigenvalue weighted by Gasteiger charge is 2.31. The van der Waals surface area contributed by atoms with Crippen LogP contribution in [0.5, 0.6) is 0 Å². The minimum absolute atomic E-state index is 0.0743. The summed E-state index contributed by atoms with van der Waals surface area (Å²) in [5, 5.41) is 4.09. The van der Waals surface area contributed by atoms with Gasteiger partial charge in [-0.1, -0.05) is 6.07 Å². The largest absolute Gasteiger partial charge is 0.459 e. The molecular weight excluding hydrogens is 441 g/mol. The van der Waals surface area contributed by atoms with E-state index < -0.39 is 28.8 Å². The number of hydrogen-bond acceptors (Lipinski definition) is 5. The van der Waals surface area contributed by atoms with Crippen LogP contribution in [0.2, 0.25) is 0 Å². The van der Waals surface area contributed by atoms with Crippen LogP contribution in [0.1, 0.15) is 32.3 Å². The number of carbonyl (C=O) groups excluding carboxylic acids is 2. The van der Waals surface area contributed by atoms with E-state index in [-0.39, 0.29) is 49.2 Å². The molecule has 0 saturated carbocycles. The van der Waals surface area contributed by atoms with E-state index >= 15 is 0 Å². The lowest BCUT2D eigenvalue weighted by atomic mass is 10.2. The van der Waals surface area contributed by atoms with Crippen molar-refractivity contribution in [3.63, 3.8) is 0 Å². The molecule has 2 aromatic heterocycles. The minimum Gasteiger partial charge on any atom is -0.459 e. The zero-order valence-electron chi connectivity index (χ0n) is 17.5. The second-order valence-electron chi connectivity index (χ2n) is 7.52. The van der Waals surface area contributed by atoms with Crippen molar-refractivity contribution < 1.29 is 27.2 Å². The maximum Gasteiger partial charge on any atom is 0.416 e. The second-order valence-corrected chi connectivity index (χ2v) is 7.52. The molecule has 11 heteroatoms. The normalized spacial score (nSPS) is 14.4. The molecule has 1 aliphatic heterocycles. The van der Waals surface area contributed by atoms with Crippen molar-refractivity contribution in [2.24, 2.45) is 0 Å². The Balaban J connectivity index is 1.56. The number of carbonyl (C=O) groups is 2. The summed E-state index contributed by atoms with van der Waals surface area (Å²) >= 11 is 0. The number of rotatable bonds is 3. The van der Waals surface area contributed by atoms with Crippen LogP contribution >= 0.6 is 0 Å². The van der Waals surface area contributed by atoms with E-state index in [1.165, 1.54) is 35.1 Å². The number of furan rings is 1. The van der Waals surface area contributed by atoms with Crippen LogP contribution in [0.3, 0.4) is 0 Å². The van der Waals surface area contributed by atoms with Gasteiger partial charge in [-0.2, -0.15) is 18.3 Å². The van der Waals surface area contributed by atoms with Gasteiger partial charge in [-0.3, -0.25) is 14.4 Å². The summed E-state index contributed by atoms with van der Waals surface area (Å²) in [5.74, 6) is -0.753. The standard InChI is InChI=1S/C22H19F3N4O4/c1-14-12-17(30)19(26-29(14)16-5-2-4-15(13-16)22(23,24)25)21(32)28-9-7-27(8-10-28)20(31)18-6-3-11-33-18/h2-6,11-13H,7-10H2,1H3. The van der Waals surface area contributed by atoms with E-state index in [2.05, 4.69) is 5.10 Å². The smallest absolute Gasteiger partial charge is 0.416 e. The first-order chi connectivity index (χ1) is 15.6. The Morgan fingerprint density at radius 3 is 2.24 bits per heavy atom. The topological polar surface area (TPSA) is 88.7 Å². The van der Waals surface area contributed by atoms with Gasteiger partial charge in [0.15, 0.2) is 11.5 Å². The van der Waals surface area contributed by atoms with Crippen molar-refractivity contribution in [3.05, 3.63) is 81.7 Å². The Morgan fingerprint density at radius 1 is 0.970 bits per heavy atom. The van der Waals surface area contributed by atoms with Crippen LogP contribution in [0.25, 0.3) is 5.69 Å². The van der Waals surface area contributed by atoms with Gasteiger partial charge in [-0.15, -0.1) is 0 Å². The van der Waals surface area contributed by atoms with Gasteiger partial charge in [0, 0.05) is 37.9 Å². The molecule has 1 aliphatic rings. The fourth-order valence-corrected chi connectivity index (χ4v) is 3.59. The molecule has 0 unspecified atom stereocenters. The Hall–Kier alpha value is -3.89. The predicted molar refractivity (Wildman–Crippen MR) is 110 cm³/mol. The molecule has 3 heterocycles. The molecule has 2 amide bonds. The summed E-state index contributed by atoms with van der Waals surface area (Å²) < 4.78 is 45.6. The molecule has 1 aromatic carbocycles. The summed E-state index contributed by atoms with van der Waals surface area (Å²) in [6, 6.07) is 8.78.